The Labute approximate surface area is 114 Å². The number of benzene rings is 2. The quantitative estimate of drug-likeness (QED) is 0.734. The summed E-state index contributed by atoms with van der Waals surface area (Å²) < 4.78 is 5.50. The van der Waals surface area contributed by atoms with E-state index in [0.29, 0.717) is 21.6 Å². The van der Waals surface area contributed by atoms with Crippen LogP contribution < -0.4 is 11.2 Å². The van der Waals surface area contributed by atoms with E-state index in [2.05, 4.69) is 0 Å². The number of nitrogen functional groups attached to an aromatic ring is 1. The number of fused-ring (bicyclic) bond motifs is 1. The van der Waals surface area contributed by atoms with Crippen molar-refractivity contribution in [1.82, 2.24) is 0 Å². The fourth-order valence-corrected chi connectivity index (χ4v) is 2.22. The van der Waals surface area contributed by atoms with E-state index in [0.717, 1.165) is 5.56 Å². The highest BCUT2D eigenvalue weighted by atomic mass is 35.5. The average Bonchev–Trinajstić information content (AvgIpc) is 2.39. The first-order chi connectivity index (χ1) is 9.16. The molecular weight excluding hydrogens is 262 g/mol. The molecule has 3 aromatic rings. The number of anilines is 1. The van der Waals surface area contributed by atoms with E-state index in [1.807, 2.05) is 30.3 Å². The molecule has 0 spiro atoms. The number of nitrogens with two attached hydrogens (primary N) is 1. The van der Waals surface area contributed by atoms with Gasteiger partial charge in [-0.1, -0.05) is 41.9 Å². The summed E-state index contributed by atoms with van der Waals surface area (Å²) in [6.45, 7) is 0. The zero-order chi connectivity index (χ0) is 13.4. The Balaban J connectivity index is 2.39. The molecule has 0 atom stereocenters. The molecule has 0 unspecified atom stereocenters. The summed E-state index contributed by atoms with van der Waals surface area (Å²) in [4.78, 5) is 12.5. The van der Waals surface area contributed by atoms with E-state index in [4.69, 9.17) is 21.8 Å². The standard InChI is InChI=1S/C15H10ClNO2/c16-10-6-7-11-12(8-10)19-15(17)13(14(11)18)9-4-2-1-3-5-9/h1-8H,17H2. The van der Waals surface area contributed by atoms with Crippen LogP contribution in [0.1, 0.15) is 0 Å². The van der Waals surface area contributed by atoms with E-state index < -0.39 is 0 Å². The van der Waals surface area contributed by atoms with Crippen molar-refractivity contribution in [3.8, 4) is 11.1 Å². The molecule has 0 aliphatic rings. The van der Waals surface area contributed by atoms with Crippen LogP contribution >= 0.6 is 11.6 Å². The van der Waals surface area contributed by atoms with Gasteiger partial charge < -0.3 is 10.2 Å². The van der Waals surface area contributed by atoms with Crippen molar-refractivity contribution in [2.24, 2.45) is 0 Å². The summed E-state index contributed by atoms with van der Waals surface area (Å²) in [5.41, 5.74) is 7.23. The van der Waals surface area contributed by atoms with Gasteiger partial charge in [-0.05, 0) is 17.7 Å². The van der Waals surface area contributed by atoms with E-state index in [9.17, 15) is 4.79 Å². The number of halogens is 1. The van der Waals surface area contributed by atoms with Crippen molar-refractivity contribution in [3.63, 3.8) is 0 Å². The maximum absolute atomic E-state index is 12.5. The zero-order valence-electron chi connectivity index (χ0n) is 9.89. The Kier molecular flexibility index (Phi) is 2.76. The second-order valence-electron chi connectivity index (χ2n) is 4.18. The number of rotatable bonds is 1. The summed E-state index contributed by atoms with van der Waals surface area (Å²) in [6.07, 6.45) is 0. The Hall–Kier alpha value is -2.26. The third-order valence-electron chi connectivity index (χ3n) is 2.94. The lowest BCUT2D eigenvalue weighted by atomic mass is 10.0. The van der Waals surface area contributed by atoms with Gasteiger partial charge in [0.1, 0.15) is 5.58 Å². The first-order valence-electron chi connectivity index (χ1n) is 5.74. The minimum Gasteiger partial charge on any atom is -0.440 e. The second-order valence-corrected chi connectivity index (χ2v) is 4.61. The Morgan fingerprint density at radius 3 is 2.53 bits per heavy atom. The lowest BCUT2D eigenvalue weighted by Crippen LogP contribution is -2.08. The highest BCUT2D eigenvalue weighted by Gasteiger charge is 2.13. The van der Waals surface area contributed by atoms with E-state index >= 15 is 0 Å². The molecule has 94 valence electrons. The average molecular weight is 272 g/mol. The molecule has 1 heterocycles. The van der Waals surface area contributed by atoms with Crippen molar-refractivity contribution in [2.75, 3.05) is 5.73 Å². The van der Waals surface area contributed by atoms with Gasteiger partial charge in [0.25, 0.3) is 0 Å². The van der Waals surface area contributed by atoms with Gasteiger partial charge in [-0.15, -0.1) is 0 Å². The number of hydrogen-bond acceptors (Lipinski definition) is 3. The van der Waals surface area contributed by atoms with Crippen molar-refractivity contribution in [3.05, 3.63) is 63.8 Å². The Morgan fingerprint density at radius 2 is 1.79 bits per heavy atom. The number of hydrogen-bond donors (Lipinski definition) is 1. The Bertz CT molecular complexity index is 809. The first-order valence-corrected chi connectivity index (χ1v) is 6.12. The monoisotopic (exact) mass is 271 g/mol. The van der Waals surface area contributed by atoms with Crippen molar-refractivity contribution >= 4 is 28.5 Å². The van der Waals surface area contributed by atoms with E-state index in [1.54, 1.807) is 18.2 Å². The molecule has 3 rings (SSSR count). The van der Waals surface area contributed by atoms with Gasteiger partial charge in [0.2, 0.25) is 11.3 Å². The van der Waals surface area contributed by atoms with E-state index in [1.165, 1.54) is 0 Å². The SMILES string of the molecule is Nc1oc2cc(Cl)ccc2c(=O)c1-c1ccccc1. The fraction of sp³-hybridized carbons (Fsp3) is 0. The maximum Gasteiger partial charge on any atom is 0.202 e. The minimum atomic E-state index is -0.151. The van der Waals surface area contributed by atoms with E-state index in [-0.39, 0.29) is 11.3 Å². The Morgan fingerprint density at radius 1 is 1.05 bits per heavy atom. The van der Waals surface area contributed by atoms with Crippen LogP contribution in [0.25, 0.3) is 22.1 Å². The van der Waals surface area contributed by atoms with Crippen molar-refractivity contribution in [2.45, 2.75) is 0 Å². The van der Waals surface area contributed by atoms with Crippen LogP contribution in [0.2, 0.25) is 5.02 Å². The molecule has 2 aromatic carbocycles. The van der Waals surface area contributed by atoms with Gasteiger partial charge in [0, 0.05) is 11.1 Å². The largest absolute Gasteiger partial charge is 0.440 e. The van der Waals surface area contributed by atoms with Gasteiger partial charge in [0.15, 0.2) is 0 Å². The third kappa shape index (κ3) is 1.98. The molecular formula is C15H10ClNO2. The summed E-state index contributed by atoms with van der Waals surface area (Å²) in [5, 5.41) is 0.972. The molecule has 0 saturated carbocycles. The molecule has 3 nitrogen and oxygen atoms in total. The van der Waals surface area contributed by atoms with Gasteiger partial charge >= 0.3 is 0 Å². The van der Waals surface area contributed by atoms with Crippen molar-refractivity contribution < 1.29 is 4.42 Å². The van der Waals surface area contributed by atoms with Gasteiger partial charge in [-0.2, -0.15) is 0 Å². The molecule has 0 bridgehead atoms. The van der Waals surface area contributed by atoms with Gasteiger partial charge in [-0.3, -0.25) is 4.79 Å². The van der Waals surface area contributed by atoms with Crippen LogP contribution in [0.5, 0.6) is 0 Å². The highest BCUT2D eigenvalue weighted by molar-refractivity contribution is 6.31. The smallest absolute Gasteiger partial charge is 0.202 e. The van der Waals surface area contributed by atoms with Crippen molar-refractivity contribution in [1.29, 1.82) is 0 Å². The molecule has 1 aromatic heterocycles. The molecule has 4 heteroatoms. The normalized spacial score (nSPS) is 10.8. The summed E-state index contributed by atoms with van der Waals surface area (Å²) in [5.74, 6) is 0.103. The van der Waals surface area contributed by atoms with Crippen LogP contribution in [0, 0.1) is 0 Å². The van der Waals surface area contributed by atoms with Crippen LogP contribution in [-0.4, -0.2) is 0 Å². The molecule has 0 aliphatic heterocycles. The second kappa shape index (κ2) is 4.44. The predicted molar refractivity (Wildman–Crippen MR) is 77.3 cm³/mol. The first kappa shape index (κ1) is 11.8. The molecule has 0 saturated heterocycles. The topological polar surface area (TPSA) is 56.2 Å². The third-order valence-corrected chi connectivity index (χ3v) is 3.18. The van der Waals surface area contributed by atoms with Gasteiger partial charge in [0.05, 0.1) is 10.9 Å². The zero-order valence-corrected chi connectivity index (χ0v) is 10.6. The maximum atomic E-state index is 12.5. The van der Waals surface area contributed by atoms with Crippen LogP contribution in [-0.2, 0) is 0 Å². The summed E-state index contributed by atoms with van der Waals surface area (Å²) in [7, 11) is 0. The van der Waals surface area contributed by atoms with Gasteiger partial charge in [-0.25, -0.2) is 0 Å². The minimum absolute atomic E-state index is 0.103. The molecule has 19 heavy (non-hydrogen) atoms. The predicted octanol–water partition coefficient (Wildman–Crippen LogP) is 3.70. The molecule has 2 N–H and O–H groups in total. The summed E-state index contributed by atoms with van der Waals surface area (Å²) in [6, 6.07) is 14.1. The molecule has 0 radical (unpaired) electrons. The molecule has 0 fully saturated rings. The van der Waals surface area contributed by atoms with Crippen LogP contribution in [0.4, 0.5) is 5.88 Å². The molecule has 0 amide bonds. The fourth-order valence-electron chi connectivity index (χ4n) is 2.06. The lowest BCUT2D eigenvalue weighted by Gasteiger charge is -2.06. The molecule has 0 aliphatic carbocycles. The van der Waals surface area contributed by atoms with Crippen LogP contribution in [0.3, 0.4) is 0 Å². The van der Waals surface area contributed by atoms with Crippen LogP contribution in [0.15, 0.2) is 57.7 Å². The highest BCUT2D eigenvalue weighted by Crippen LogP contribution is 2.27. The lowest BCUT2D eigenvalue weighted by molar-refractivity contribution is 0.626. The summed E-state index contributed by atoms with van der Waals surface area (Å²) >= 11 is 5.88.